The topological polar surface area (TPSA) is 167 Å². The molecule has 0 spiro atoms. The lowest BCUT2D eigenvalue weighted by atomic mass is 10.0. The summed E-state index contributed by atoms with van der Waals surface area (Å²) in [5, 5.41) is 19.6. The van der Waals surface area contributed by atoms with Gasteiger partial charge in [0.25, 0.3) is 11.8 Å². The smallest absolute Gasteiger partial charge is 0.276 e. The van der Waals surface area contributed by atoms with Gasteiger partial charge in [-0.15, -0.1) is 34.4 Å². The fourth-order valence-corrected chi connectivity index (χ4v) is 7.92. The number of carbonyl (C=O) groups excluding carboxylic acids is 3. The van der Waals surface area contributed by atoms with E-state index in [0.717, 1.165) is 25.9 Å². The first-order valence-corrected chi connectivity index (χ1v) is 14.4. The highest BCUT2D eigenvalue weighted by atomic mass is 32.2. The number of aliphatic carboxylic acids is 1. The van der Waals surface area contributed by atoms with Crippen molar-refractivity contribution in [2.24, 2.45) is 12.2 Å². The van der Waals surface area contributed by atoms with E-state index < -0.39 is 29.2 Å². The molecule has 0 unspecified atom stereocenters. The van der Waals surface area contributed by atoms with Crippen molar-refractivity contribution >= 4 is 85.0 Å². The Morgan fingerprint density at radius 2 is 2.24 bits per heavy atom. The molecule has 0 saturated carbocycles. The van der Waals surface area contributed by atoms with Gasteiger partial charge >= 0.3 is 0 Å². The number of carboxylic acid groups (broad SMARTS) is 1. The second-order valence-corrected chi connectivity index (χ2v) is 12.2. The van der Waals surface area contributed by atoms with Crippen LogP contribution in [0.3, 0.4) is 0 Å². The van der Waals surface area contributed by atoms with Crippen LogP contribution in [0.25, 0.3) is 10.2 Å². The number of thiazole rings is 2. The Kier molecular flexibility index (Phi) is 7.06. The number of rotatable bonds is 8. The number of nitrogens with two attached hydrogens (primary N) is 1. The van der Waals surface area contributed by atoms with Crippen LogP contribution in [-0.2, 0) is 26.3 Å². The SMILES string of the molecule is CO/N=C(\C(=O)N[C@@H]1C(=O)N2C(C(=O)[O-])=C(CSc3nc4c[n+](C)ccc4s3)CS[C@H]12)c1csc(N)n1. The van der Waals surface area contributed by atoms with E-state index in [1.165, 1.54) is 46.9 Å². The predicted molar refractivity (Wildman–Crippen MR) is 139 cm³/mol. The molecule has 37 heavy (non-hydrogen) atoms. The number of aromatic nitrogens is 3. The Bertz CT molecular complexity index is 1480. The minimum Gasteiger partial charge on any atom is -0.543 e. The lowest BCUT2D eigenvalue weighted by molar-refractivity contribution is -0.670. The van der Waals surface area contributed by atoms with Crippen LogP contribution in [0.4, 0.5) is 5.13 Å². The molecule has 0 aromatic carbocycles. The van der Waals surface area contributed by atoms with Crippen LogP contribution in [0, 0.1) is 0 Å². The molecule has 0 radical (unpaired) electrons. The molecule has 3 aromatic heterocycles. The summed E-state index contributed by atoms with van der Waals surface area (Å²) in [6, 6.07) is 1.03. The third kappa shape index (κ3) is 4.88. The Labute approximate surface area is 226 Å². The molecule has 12 nitrogen and oxygen atoms in total. The first-order valence-electron chi connectivity index (χ1n) is 10.7. The Morgan fingerprint density at radius 3 is 2.95 bits per heavy atom. The maximum Gasteiger partial charge on any atom is 0.276 e. The minimum atomic E-state index is -1.44. The van der Waals surface area contributed by atoms with Crippen LogP contribution in [0.1, 0.15) is 5.69 Å². The summed E-state index contributed by atoms with van der Waals surface area (Å²) in [6.45, 7) is 0. The first-order chi connectivity index (χ1) is 17.8. The van der Waals surface area contributed by atoms with Gasteiger partial charge in [0, 0.05) is 23.0 Å². The molecule has 2 aliphatic heterocycles. The standard InChI is InChI=1S/C21H19N7O5S4/c1-27-4-3-12-10(5-27)24-21(37-12)36-7-9-6-34-18-14(17(30)28(18)15(9)19(31)32)25-16(29)13(26-33-2)11-8-35-20(22)23-11/h3-5,8,14,18H,6-7H2,1-2H3,(H3-,22,23,25,29,31,32)/b26-13-/t14-,18-/m1/s1. The second-order valence-electron chi connectivity index (χ2n) is 7.92. The van der Waals surface area contributed by atoms with Gasteiger partial charge in [0.15, 0.2) is 27.6 Å². The highest BCUT2D eigenvalue weighted by Gasteiger charge is 2.53. The number of nitrogens with zero attached hydrogens (tertiary/aromatic N) is 5. The van der Waals surface area contributed by atoms with Crippen molar-refractivity contribution in [2.45, 2.75) is 15.8 Å². The lowest BCUT2D eigenvalue weighted by Gasteiger charge is -2.50. The summed E-state index contributed by atoms with van der Waals surface area (Å²) in [7, 11) is 3.19. The van der Waals surface area contributed by atoms with Crippen LogP contribution < -0.4 is 20.7 Å². The molecule has 1 saturated heterocycles. The van der Waals surface area contributed by atoms with E-state index in [1.807, 2.05) is 30.1 Å². The maximum atomic E-state index is 13.0. The van der Waals surface area contributed by atoms with E-state index in [9.17, 15) is 19.5 Å². The summed E-state index contributed by atoms with van der Waals surface area (Å²) in [4.78, 5) is 52.5. The lowest BCUT2D eigenvalue weighted by Crippen LogP contribution is -2.71. The monoisotopic (exact) mass is 577 g/mol. The van der Waals surface area contributed by atoms with Gasteiger partial charge < -0.3 is 25.8 Å². The van der Waals surface area contributed by atoms with Gasteiger partial charge in [-0.1, -0.05) is 16.9 Å². The molecule has 3 N–H and O–H groups in total. The van der Waals surface area contributed by atoms with Crippen LogP contribution in [-0.4, -0.2) is 68.4 Å². The number of β-lactam (4-membered cyclic amide) rings is 1. The van der Waals surface area contributed by atoms with E-state index in [-0.39, 0.29) is 22.2 Å². The Balaban J connectivity index is 1.31. The van der Waals surface area contributed by atoms with Crippen molar-refractivity contribution in [3.05, 3.63) is 40.8 Å². The zero-order chi connectivity index (χ0) is 26.3. The Morgan fingerprint density at radius 1 is 1.43 bits per heavy atom. The zero-order valence-corrected chi connectivity index (χ0v) is 22.6. The van der Waals surface area contributed by atoms with Crippen molar-refractivity contribution in [2.75, 3.05) is 24.3 Å². The molecule has 192 valence electrons. The fourth-order valence-electron chi connectivity index (χ4n) is 3.85. The number of nitrogen functional groups attached to an aromatic ring is 1. The van der Waals surface area contributed by atoms with E-state index >= 15 is 0 Å². The van der Waals surface area contributed by atoms with Gasteiger partial charge in [0.05, 0.1) is 16.4 Å². The number of hydrogen-bond donors (Lipinski definition) is 2. The number of thioether (sulfide) groups is 2. The highest BCUT2D eigenvalue weighted by Crippen LogP contribution is 2.42. The van der Waals surface area contributed by atoms with Crippen molar-refractivity contribution in [3.63, 3.8) is 0 Å². The van der Waals surface area contributed by atoms with Crippen LogP contribution in [0.5, 0.6) is 0 Å². The number of pyridine rings is 1. The van der Waals surface area contributed by atoms with Gasteiger partial charge in [-0.2, -0.15) is 0 Å². The largest absolute Gasteiger partial charge is 0.543 e. The van der Waals surface area contributed by atoms with Gasteiger partial charge in [-0.25, -0.2) is 14.5 Å². The average Bonchev–Trinajstić information content (AvgIpc) is 3.48. The summed E-state index contributed by atoms with van der Waals surface area (Å²) >= 11 is 5.42. The highest BCUT2D eigenvalue weighted by molar-refractivity contribution is 8.02. The van der Waals surface area contributed by atoms with Gasteiger partial charge in [0.2, 0.25) is 0 Å². The summed E-state index contributed by atoms with van der Waals surface area (Å²) in [5.74, 6) is -1.97. The third-order valence-corrected chi connectivity index (χ3v) is 9.79. The number of fused-ring (bicyclic) bond motifs is 2. The van der Waals surface area contributed by atoms with Crippen molar-refractivity contribution in [3.8, 4) is 0 Å². The van der Waals surface area contributed by atoms with Crippen molar-refractivity contribution in [1.82, 2.24) is 20.2 Å². The number of aryl methyl sites for hydroxylation is 1. The van der Waals surface area contributed by atoms with Crippen LogP contribution in [0.2, 0.25) is 0 Å². The number of carbonyl (C=O) groups is 3. The number of amides is 2. The summed E-state index contributed by atoms with van der Waals surface area (Å²) in [5.41, 5.74) is 6.98. The quantitative estimate of drug-likeness (QED) is 0.119. The molecular formula is C21H19N7O5S4. The normalized spacial score (nSPS) is 19.6. The molecule has 16 heteroatoms. The van der Waals surface area contributed by atoms with E-state index in [4.69, 9.17) is 10.6 Å². The average molecular weight is 578 g/mol. The van der Waals surface area contributed by atoms with Crippen LogP contribution >= 0.6 is 46.2 Å². The molecule has 2 atom stereocenters. The van der Waals surface area contributed by atoms with Gasteiger partial charge in [-0.3, -0.25) is 14.5 Å². The molecule has 3 aromatic rings. The molecule has 5 rings (SSSR count). The van der Waals surface area contributed by atoms with E-state index in [2.05, 4.69) is 20.4 Å². The number of anilines is 1. The first kappa shape index (κ1) is 25.4. The second kappa shape index (κ2) is 10.3. The number of oxime groups is 1. The third-order valence-electron chi connectivity index (χ3n) is 5.51. The summed E-state index contributed by atoms with van der Waals surface area (Å²) in [6.07, 6.45) is 3.85. The van der Waals surface area contributed by atoms with E-state index in [1.54, 1.807) is 5.38 Å². The maximum absolute atomic E-state index is 13.0. The van der Waals surface area contributed by atoms with Gasteiger partial charge in [0.1, 0.15) is 36.8 Å². The predicted octanol–water partition coefficient (Wildman–Crippen LogP) is -0.294. The number of carboxylic acids is 1. The zero-order valence-electron chi connectivity index (χ0n) is 19.4. The Hall–Kier alpha value is -3.21. The van der Waals surface area contributed by atoms with Crippen molar-refractivity contribution in [1.29, 1.82) is 0 Å². The van der Waals surface area contributed by atoms with Crippen molar-refractivity contribution < 1.29 is 28.9 Å². The van der Waals surface area contributed by atoms with Crippen LogP contribution in [0.15, 0.2) is 44.6 Å². The number of nitrogens with one attached hydrogen (secondary N) is 1. The van der Waals surface area contributed by atoms with Gasteiger partial charge in [-0.05, 0) is 5.57 Å². The molecular weight excluding hydrogens is 559 g/mol. The molecule has 1 fully saturated rings. The fraction of sp³-hybridized carbons (Fsp3) is 0.286. The summed E-state index contributed by atoms with van der Waals surface area (Å²) < 4.78 is 3.74. The number of hydrogen-bond acceptors (Lipinski definition) is 13. The molecule has 2 amide bonds. The molecule has 0 bridgehead atoms. The minimum absolute atomic E-state index is 0.139. The molecule has 0 aliphatic carbocycles. The molecule has 2 aliphatic rings. The molecule has 5 heterocycles. The van der Waals surface area contributed by atoms with E-state index in [0.29, 0.717) is 17.1 Å².